The maximum Gasteiger partial charge on any atom is 0.252 e. The Balaban J connectivity index is 1.65. The molecular weight excluding hydrogens is 380 g/mol. The van der Waals surface area contributed by atoms with Gasteiger partial charge in [-0.15, -0.1) is 21.5 Å². The zero-order chi connectivity index (χ0) is 17.9. The quantitative estimate of drug-likeness (QED) is 0.805. The second kappa shape index (κ2) is 7.90. The third-order valence-electron chi connectivity index (χ3n) is 4.00. The summed E-state index contributed by atoms with van der Waals surface area (Å²) in [6, 6.07) is 3.31. The van der Waals surface area contributed by atoms with E-state index in [4.69, 9.17) is 0 Å². The summed E-state index contributed by atoms with van der Waals surface area (Å²) in [4.78, 5) is 12.5. The van der Waals surface area contributed by atoms with Crippen molar-refractivity contribution in [2.75, 3.05) is 18.4 Å². The highest BCUT2D eigenvalue weighted by atomic mass is 32.2. The molecule has 2 aromatic heterocycles. The van der Waals surface area contributed by atoms with Gasteiger partial charge in [-0.2, -0.15) is 4.31 Å². The Morgan fingerprint density at radius 1 is 1.44 bits per heavy atom. The van der Waals surface area contributed by atoms with Gasteiger partial charge >= 0.3 is 0 Å². The van der Waals surface area contributed by atoms with Gasteiger partial charge in [0.15, 0.2) is 0 Å². The minimum atomic E-state index is -3.51. The van der Waals surface area contributed by atoms with Crippen LogP contribution in [0, 0.1) is 5.92 Å². The third kappa shape index (κ3) is 4.25. The maximum atomic E-state index is 12.6. The first-order valence-electron chi connectivity index (χ1n) is 8.17. The molecule has 2 aromatic rings. The molecule has 10 heteroatoms. The third-order valence-corrected chi connectivity index (χ3v) is 8.14. The number of amides is 1. The van der Waals surface area contributed by atoms with E-state index in [1.807, 2.05) is 0 Å². The van der Waals surface area contributed by atoms with Crippen molar-refractivity contribution in [3.8, 4) is 0 Å². The lowest BCUT2D eigenvalue weighted by Gasteiger charge is -2.30. The van der Waals surface area contributed by atoms with Crippen LogP contribution >= 0.6 is 22.7 Å². The van der Waals surface area contributed by atoms with Crippen LogP contribution in [0.2, 0.25) is 0 Å². The van der Waals surface area contributed by atoms with Crippen LogP contribution in [-0.2, 0) is 21.2 Å². The van der Waals surface area contributed by atoms with Crippen LogP contribution in [0.3, 0.4) is 0 Å². The molecule has 3 heterocycles. The molecule has 1 aliphatic rings. The standard InChI is InChI=1S/C15H20N4O3S3/c1-2-5-12-17-18-15(24-12)16-14(20)11-6-3-8-19(10-11)25(21,22)13-7-4-9-23-13/h4,7,9,11H,2-3,5-6,8,10H2,1H3,(H,16,18,20). The highest BCUT2D eigenvalue weighted by molar-refractivity contribution is 7.91. The van der Waals surface area contributed by atoms with Gasteiger partial charge in [-0.25, -0.2) is 8.42 Å². The van der Waals surface area contributed by atoms with E-state index in [1.165, 1.54) is 27.0 Å². The number of aromatic nitrogens is 2. The van der Waals surface area contributed by atoms with Crippen LogP contribution in [-0.4, -0.2) is 41.9 Å². The number of anilines is 1. The second-order valence-electron chi connectivity index (χ2n) is 5.87. The molecule has 0 aromatic carbocycles. The molecule has 1 unspecified atom stereocenters. The van der Waals surface area contributed by atoms with Gasteiger partial charge < -0.3 is 5.32 Å². The van der Waals surface area contributed by atoms with E-state index in [9.17, 15) is 13.2 Å². The number of aryl methyl sites for hydroxylation is 1. The van der Waals surface area contributed by atoms with Gasteiger partial charge in [0.05, 0.1) is 5.92 Å². The highest BCUT2D eigenvalue weighted by Gasteiger charge is 2.34. The molecule has 1 N–H and O–H groups in total. The predicted octanol–water partition coefficient (Wildman–Crippen LogP) is 2.59. The molecule has 136 valence electrons. The van der Waals surface area contributed by atoms with Crippen LogP contribution < -0.4 is 5.32 Å². The first-order valence-corrected chi connectivity index (χ1v) is 11.3. The Bertz CT molecular complexity index is 817. The molecule has 0 saturated carbocycles. The second-order valence-corrected chi connectivity index (χ2v) is 10.0. The lowest BCUT2D eigenvalue weighted by molar-refractivity contribution is -0.120. The number of hydrogen-bond acceptors (Lipinski definition) is 7. The molecule has 1 atom stereocenters. The van der Waals surface area contributed by atoms with E-state index in [1.54, 1.807) is 17.5 Å². The Morgan fingerprint density at radius 3 is 3.00 bits per heavy atom. The van der Waals surface area contributed by atoms with E-state index in [0.29, 0.717) is 28.7 Å². The fraction of sp³-hybridized carbons (Fsp3) is 0.533. The van der Waals surface area contributed by atoms with Crippen molar-refractivity contribution >= 4 is 43.7 Å². The lowest BCUT2D eigenvalue weighted by atomic mass is 9.99. The molecule has 0 radical (unpaired) electrons. The predicted molar refractivity (Wildman–Crippen MR) is 98.3 cm³/mol. The summed E-state index contributed by atoms with van der Waals surface area (Å²) >= 11 is 2.57. The van der Waals surface area contributed by atoms with E-state index in [-0.39, 0.29) is 18.4 Å². The van der Waals surface area contributed by atoms with Gasteiger partial charge in [0.25, 0.3) is 10.0 Å². The number of carbonyl (C=O) groups excluding carboxylic acids is 1. The smallest absolute Gasteiger partial charge is 0.252 e. The average molecular weight is 401 g/mol. The number of piperidine rings is 1. The lowest BCUT2D eigenvalue weighted by Crippen LogP contribution is -2.43. The van der Waals surface area contributed by atoms with E-state index in [0.717, 1.165) is 17.8 Å². The molecule has 3 rings (SSSR count). The van der Waals surface area contributed by atoms with Crippen molar-refractivity contribution < 1.29 is 13.2 Å². The first kappa shape index (κ1) is 18.4. The topological polar surface area (TPSA) is 92.3 Å². The zero-order valence-electron chi connectivity index (χ0n) is 13.8. The van der Waals surface area contributed by atoms with E-state index < -0.39 is 10.0 Å². The van der Waals surface area contributed by atoms with Gasteiger partial charge in [-0.1, -0.05) is 24.3 Å². The SMILES string of the molecule is CCCc1nnc(NC(=O)C2CCCN(S(=O)(=O)c3cccs3)C2)s1. The summed E-state index contributed by atoms with van der Waals surface area (Å²) in [5, 5.41) is 13.9. The normalized spacial score (nSPS) is 19.0. The van der Waals surface area contributed by atoms with Gasteiger partial charge in [0.1, 0.15) is 9.22 Å². The summed E-state index contributed by atoms with van der Waals surface area (Å²) in [6.07, 6.45) is 3.15. The zero-order valence-corrected chi connectivity index (χ0v) is 16.3. The van der Waals surface area contributed by atoms with Crippen molar-refractivity contribution in [2.45, 2.75) is 36.8 Å². The summed E-state index contributed by atoms with van der Waals surface area (Å²) in [5.41, 5.74) is 0. The number of hydrogen-bond donors (Lipinski definition) is 1. The Kier molecular flexibility index (Phi) is 5.82. The van der Waals surface area contributed by atoms with Crippen molar-refractivity contribution in [1.29, 1.82) is 0 Å². The molecule has 1 amide bonds. The summed E-state index contributed by atoms with van der Waals surface area (Å²) < 4.78 is 27.0. The summed E-state index contributed by atoms with van der Waals surface area (Å²) in [7, 11) is -3.51. The minimum absolute atomic E-state index is 0.190. The van der Waals surface area contributed by atoms with Gasteiger partial charge in [-0.3, -0.25) is 4.79 Å². The number of thiophene rings is 1. The molecular formula is C15H20N4O3S3. The largest absolute Gasteiger partial charge is 0.300 e. The van der Waals surface area contributed by atoms with Crippen molar-refractivity contribution in [1.82, 2.24) is 14.5 Å². The Labute approximate surface area is 155 Å². The van der Waals surface area contributed by atoms with Gasteiger partial charge in [0.2, 0.25) is 11.0 Å². The molecule has 1 aliphatic heterocycles. The van der Waals surface area contributed by atoms with Crippen LogP contribution in [0.5, 0.6) is 0 Å². The van der Waals surface area contributed by atoms with E-state index in [2.05, 4.69) is 22.4 Å². The number of carbonyl (C=O) groups is 1. The highest BCUT2D eigenvalue weighted by Crippen LogP contribution is 2.27. The van der Waals surface area contributed by atoms with Crippen LogP contribution in [0.1, 0.15) is 31.2 Å². The fourth-order valence-corrected chi connectivity index (χ4v) is 6.25. The van der Waals surface area contributed by atoms with E-state index >= 15 is 0 Å². The molecule has 0 bridgehead atoms. The average Bonchev–Trinajstić information content (AvgIpc) is 3.28. The number of sulfonamides is 1. The number of nitrogens with zero attached hydrogens (tertiary/aromatic N) is 3. The molecule has 25 heavy (non-hydrogen) atoms. The van der Waals surface area contributed by atoms with Gasteiger partial charge in [-0.05, 0) is 30.7 Å². The van der Waals surface area contributed by atoms with Crippen molar-refractivity contribution in [3.63, 3.8) is 0 Å². The monoisotopic (exact) mass is 400 g/mol. The van der Waals surface area contributed by atoms with Crippen molar-refractivity contribution in [3.05, 3.63) is 22.5 Å². The van der Waals surface area contributed by atoms with Crippen molar-refractivity contribution in [2.24, 2.45) is 5.92 Å². The van der Waals surface area contributed by atoms with Gasteiger partial charge in [0, 0.05) is 19.5 Å². The van der Waals surface area contributed by atoms with Crippen LogP contribution in [0.15, 0.2) is 21.7 Å². The minimum Gasteiger partial charge on any atom is -0.300 e. The number of nitrogens with one attached hydrogen (secondary N) is 1. The molecule has 1 fully saturated rings. The maximum absolute atomic E-state index is 12.6. The Hall–Kier alpha value is -1.36. The molecule has 0 aliphatic carbocycles. The fourth-order valence-electron chi connectivity index (χ4n) is 2.74. The van der Waals surface area contributed by atoms with Crippen LogP contribution in [0.25, 0.3) is 0 Å². The molecule has 7 nitrogen and oxygen atoms in total. The summed E-state index contributed by atoms with van der Waals surface area (Å²) in [6.45, 7) is 2.71. The molecule has 0 spiro atoms. The summed E-state index contributed by atoms with van der Waals surface area (Å²) in [5.74, 6) is -0.563. The number of rotatable bonds is 6. The molecule has 1 saturated heterocycles. The first-order chi connectivity index (χ1) is 12.0. The Morgan fingerprint density at radius 2 is 2.28 bits per heavy atom. The van der Waals surface area contributed by atoms with Crippen LogP contribution in [0.4, 0.5) is 5.13 Å².